The van der Waals surface area contributed by atoms with Crippen LogP contribution in [-0.2, 0) is 15.0 Å². The highest BCUT2D eigenvalue weighted by Gasteiger charge is 2.45. The van der Waals surface area contributed by atoms with Crippen molar-refractivity contribution in [3.8, 4) is 22.6 Å². The first-order chi connectivity index (χ1) is 17.1. The highest BCUT2D eigenvalue weighted by molar-refractivity contribution is 5.86. The van der Waals surface area contributed by atoms with Gasteiger partial charge in [-0.1, -0.05) is 86.6 Å². The molecular weight excluding hydrogens is 436 g/mol. The van der Waals surface area contributed by atoms with Gasteiger partial charge in [0.2, 0.25) is 0 Å². The van der Waals surface area contributed by atoms with Crippen molar-refractivity contribution in [1.29, 1.82) is 0 Å². The maximum absolute atomic E-state index is 11.8. The highest BCUT2D eigenvalue weighted by Crippen LogP contribution is 2.56. The fourth-order valence-electron chi connectivity index (χ4n) is 4.98. The van der Waals surface area contributed by atoms with E-state index < -0.39 is 5.41 Å². The Kier molecular flexibility index (Phi) is 5.96. The van der Waals surface area contributed by atoms with Gasteiger partial charge in [-0.25, -0.2) is 0 Å². The number of rotatable bonds is 6. The van der Waals surface area contributed by atoms with Crippen molar-refractivity contribution in [2.75, 3.05) is 0 Å². The number of hydrogen-bond donors (Lipinski definition) is 0. The van der Waals surface area contributed by atoms with Gasteiger partial charge in [-0.15, -0.1) is 0 Å². The lowest BCUT2D eigenvalue weighted by atomic mass is 9.68. The number of carbonyl (C=O) groups excluding carboxylic acids is 2. The first kappa shape index (κ1) is 22.6. The van der Waals surface area contributed by atoms with Gasteiger partial charge in [-0.05, 0) is 57.6 Å². The fourth-order valence-corrected chi connectivity index (χ4v) is 4.98. The van der Waals surface area contributed by atoms with E-state index in [2.05, 4.69) is 48.5 Å². The Morgan fingerprint density at radius 1 is 0.571 bits per heavy atom. The van der Waals surface area contributed by atoms with Crippen LogP contribution in [0.3, 0.4) is 0 Å². The van der Waals surface area contributed by atoms with E-state index in [0.29, 0.717) is 24.3 Å². The number of fused-ring (bicyclic) bond motifs is 3. The zero-order valence-corrected chi connectivity index (χ0v) is 19.8. The monoisotopic (exact) mass is 462 g/mol. The van der Waals surface area contributed by atoms with Gasteiger partial charge in [0.15, 0.2) is 0 Å². The summed E-state index contributed by atoms with van der Waals surface area (Å²) in [5.41, 5.74) is 6.27. The minimum Gasteiger partial charge on any atom is -0.427 e. The summed E-state index contributed by atoms with van der Waals surface area (Å²) < 4.78 is 10.9. The summed E-state index contributed by atoms with van der Waals surface area (Å²) in [6.07, 6.45) is 0.642. The van der Waals surface area contributed by atoms with Gasteiger partial charge in [-0.2, -0.15) is 0 Å². The second-order valence-corrected chi connectivity index (χ2v) is 8.55. The summed E-state index contributed by atoms with van der Waals surface area (Å²) in [5, 5.41) is 0. The molecule has 35 heavy (non-hydrogen) atoms. The second-order valence-electron chi connectivity index (χ2n) is 8.55. The third-order valence-electron chi connectivity index (χ3n) is 6.57. The highest BCUT2D eigenvalue weighted by atomic mass is 16.5. The third-order valence-corrected chi connectivity index (χ3v) is 6.57. The molecule has 4 heteroatoms. The summed E-state index contributed by atoms with van der Waals surface area (Å²) in [5.74, 6) is 0.525. The molecule has 0 aliphatic heterocycles. The average molecular weight is 463 g/mol. The maximum Gasteiger partial charge on any atom is 0.310 e. The predicted molar refractivity (Wildman–Crippen MR) is 136 cm³/mol. The molecule has 4 aromatic carbocycles. The van der Waals surface area contributed by atoms with E-state index in [1.807, 2.05) is 48.5 Å². The first-order valence-electron chi connectivity index (χ1n) is 11.9. The summed E-state index contributed by atoms with van der Waals surface area (Å²) in [6.45, 7) is 3.55. The molecule has 0 N–H and O–H groups in total. The van der Waals surface area contributed by atoms with Crippen molar-refractivity contribution in [2.45, 2.75) is 32.1 Å². The lowest BCUT2D eigenvalue weighted by Crippen LogP contribution is -2.28. The SMILES string of the molecule is CCC(=O)Oc1ccc(C2(c3ccc(OC(=O)CC)cc3)c3ccccc3-c3ccccc32)cc1. The first-order valence-corrected chi connectivity index (χ1v) is 11.9. The molecule has 0 heterocycles. The van der Waals surface area contributed by atoms with Gasteiger partial charge in [0.1, 0.15) is 11.5 Å². The van der Waals surface area contributed by atoms with Crippen LogP contribution in [0.1, 0.15) is 48.9 Å². The predicted octanol–water partition coefficient (Wildman–Crippen LogP) is 6.68. The van der Waals surface area contributed by atoms with Crippen LogP contribution in [0.2, 0.25) is 0 Å². The summed E-state index contributed by atoms with van der Waals surface area (Å²) in [6, 6.07) is 32.4. The topological polar surface area (TPSA) is 52.6 Å². The lowest BCUT2D eigenvalue weighted by molar-refractivity contribution is -0.134. The Labute approximate surface area is 205 Å². The normalized spacial score (nSPS) is 13.0. The van der Waals surface area contributed by atoms with E-state index in [4.69, 9.17) is 9.47 Å². The van der Waals surface area contributed by atoms with Crippen LogP contribution >= 0.6 is 0 Å². The van der Waals surface area contributed by atoms with E-state index in [1.54, 1.807) is 13.8 Å². The fraction of sp³-hybridized carbons (Fsp3) is 0.161. The van der Waals surface area contributed by atoms with Crippen LogP contribution in [0.5, 0.6) is 11.5 Å². The number of benzene rings is 4. The van der Waals surface area contributed by atoms with Gasteiger partial charge in [0, 0.05) is 12.8 Å². The van der Waals surface area contributed by atoms with Crippen LogP contribution in [0, 0.1) is 0 Å². The minimum atomic E-state index is -0.576. The number of hydrogen-bond acceptors (Lipinski definition) is 4. The van der Waals surface area contributed by atoms with Crippen molar-refractivity contribution >= 4 is 11.9 Å². The number of ether oxygens (including phenoxy) is 2. The molecule has 0 saturated carbocycles. The molecule has 0 atom stereocenters. The quantitative estimate of drug-likeness (QED) is 0.209. The molecule has 0 spiro atoms. The Hall–Kier alpha value is -4.18. The molecule has 0 unspecified atom stereocenters. The Morgan fingerprint density at radius 3 is 1.31 bits per heavy atom. The summed E-state index contributed by atoms with van der Waals surface area (Å²) in [4.78, 5) is 23.6. The largest absolute Gasteiger partial charge is 0.427 e. The number of carbonyl (C=O) groups is 2. The Balaban J connectivity index is 1.71. The minimum absolute atomic E-state index is 0.263. The second kappa shape index (κ2) is 9.22. The molecular formula is C31H26O4. The average Bonchev–Trinajstić information content (AvgIpc) is 3.21. The molecule has 0 amide bonds. The van der Waals surface area contributed by atoms with Crippen molar-refractivity contribution in [2.24, 2.45) is 0 Å². The van der Waals surface area contributed by atoms with Crippen molar-refractivity contribution in [3.05, 3.63) is 119 Å². The van der Waals surface area contributed by atoms with Gasteiger partial charge in [0.25, 0.3) is 0 Å². The molecule has 4 aromatic rings. The van der Waals surface area contributed by atoms with Gasteiger partial charge >= 0.3 is 11.9 Å². The van der Waals surface area contributed by atoms with E-state index in [-0.39, 0.29) is 11.9 Å². The smallest absolute Gasteiger partial charge is 0.310 e. The van der Waals surface area contributed by atoms with Crippen LogP contribution in [0.15, 0.2) is 97.1 Å². The molecule has 174 valence electrons. The van der Waals surface area contributed by atoms with Crippen LogP contribution in [0.25, 0.3) is 11.1 Å². The maximum atomic E-state index is 11.8. The van der Waals surface area contributed by atoms with Crippen LogP contribution in [-0.4, -0.2) is 11.9 Å². The summed E-state index contributed by atoms with van der Waals surface area (Å²) in [7, 11) is 0. The van der Waals surface area contributed by atoms with Crippen molar-refractivity contribution in [1.82, 2.24) is 0 Å². The molecule has 0 saturated heterocycles. The van der Waals surface area contributed by atoms with Gasteiger partial charge < -0.3 is 9.47 Å². The number of esters is 2. The van der Waals surface area contributed by atoms with E-state index in [0.717, 1.165) is 11.1 Å². The lowest BCUT2D eigenvalue weighted by Gasteiger charge is -2.34. The van der Waals surface area contributed by atoms with Gasteiger partial charge in [0.05, 0.1) is 5.41 Å². The molecule has 0 bridgehead atoms. The van der Waals surface area contributed by atoms with Gasteiger partial charge in [-0.3, -0.25) is 9.59 Å². The van der Waals surface area contributed by atoms with E-state index in [9.17, 15) is 9.59 Å². The molecule has 0 aromatic heterocycles. The zero-order valence-electron chi connectivity index (χ0n) is 19.8. The molecule has 0 radical (unpaired) electrons. The van der Waals surface area contributed by atoms with E-state index in [1.165, 1.54) is 22.3 Å². The molecule has 1 aliphatic carbocycles. The zero-order chi connectivity index (χ0) is 24.4. The molecule has 4 nitrogen and oxygen atoms in total. The van der Waals surface area contributed by atoms with Crippen LogP contribution in [0.4, 0.5) is 0 Å². The Bertz CT molecular complexity index is 1280. The third kappa shape index (κ3) is 3.81. The van der Waals surface area contributed by atoms with Crippen molar-refractivity contribution in [3.63, 3.8) is 0 Å². The molecule has 1 aliphatic rings. The molecule has 0 fully saturated rings. The Morgan fingerprint density at radius 2 is 0.943 bits per heavy atom. The molecule has 5 rings (SSSR count). The van der Waals surface area contributed by atoms with E-state index >= 15 is 0 Å². The standard InChI is InChI=1S/C31H26O4/c1-3-29(32)34-23-17-13-21(14-18-23)31(22-15-19-24(20-16-22)35-30(33)4-2)27-11-7-5-9-25(27)26-10-6-8-12-28(26)31/h5-20H,3-4H2,1-2H3. The summed E-state index contributed by atoms with van der Waals surface area (Å²) >= 11 is 0. The van der Waals surface area contributed by atoms with Crippen LogP contribution < -0.4 is 9.47 Å². The van der Waals surface area contributed by atoms with Crippen molar-refractivity contribution < 1.29 is 19.1 Å².